The van der Waals surface area contributed by atoms with Crippen LogP contribution in [0.4, 0.5) is 0 Å². The molecular formula is C16H12Cl2N2O. The molecule has 0 aliphatic rings. The third-order valence-electron chi connectivity index (χ3n) is 3.11. The first-order chi connectivity index (χ1) is 10.2. The Morgan fingerprint density at radius 2 is 1.86 bits per heavy atom. The SMILES string of the molecule is NCc1cc(Oc2ccc(Cl)cc2Cl)nc2ccccc12. The molecule has 106 valence electrons. The number of pyridine rings is 1. The number of hydrogen-bond acceptors (Lipinski definition) is 3. The Balaban J connectivity index is 2.04. The molecule has 3 nitrogen and oxygen atoms in total. The van der Waals surface area contributed by atoms with Gasteiger partial charge in [0.15, 0.2) is 0 Å². The van der Waals surface area contributed by atoms with Crippen LogP contribution in [0.3, 0.4) is 0 Å². The van der Waals surface area contributed by atoms with Crippen LogP contribution in [0.1, 0.15) is 5.56 Å². The predicted octanol–water partition coefficient (Wildman–Crippen LogP) is 4.79. The molecule has 5 heteroatoms. The molecule has 0 aliphatic carbocycles. The molecule has 0 fully saturated rings. The molecule has 0 saturated carbocycles. The lowest BCUT2D eigenvalue weighted by Gasteiger charge is -2.10. The van der Waals surface area contributed by atoms with Crippen LogP contribution in [0.2, 0.25) is 10.0 Å². The van der Waals surface area contributed by atoms with Crippen molar-refractivity contribution in [1.29, 1.82) is 0 Å². The Labute approximate surface area is 132 Å². The van der Waals surface area contributed by atoms with Crippen LogP contribution in [0.5, 0.6) is 11.6 Å². The van der Waals surface area contributed by atoms with Crippen LogP contribution in [0.25, 0.3) is 10.9 Å². The van der Waals surface area contributed by atoms with Crippen LogP contribution in [0.15, 0.2) is 48.5 Å². The summed E-state index contributed by atoms with van der Waals surface area (Å²) in [4.78, 5) is 4.47. The maximum Gasteiger partial charge on any atom is 0.220 e. The Kier molecular flexibility index (Phi) is 3.97. The first-order valence-corrected chi connectivity index (χ1v) is 7.14. The van der Waals surface area contributed by atoms with E-state index in [2.05, 4.69) is 4.98 Å². The first kappa shape index (κ1) is 14.1. The molecular weight excluding hydrogens is 307 g/mol. The molecule has 2 N–H and O–H groups in total. The quantitative estimate of drug-likeness (QED) is 0.755. The second kappa shape index (κ2) is 5.90. The van der Waals surface area contributed by atoms with E-state index in [1.807, 2.05) is 30.3 Å². The van der Waals surface area contributed by atoms with Crippen molar-refractivity contribution >= 4 is 34.1 Å². The molecule has 0 radical (unpaired) electrons. The molecule has 0 atom stereocenters. The average Bonchev–Trinajstić information content (AvgIpc) is 2.49. The summed E-state index contributed by atoms with van der Waals surface area (Å²) in [6, 6.07) is 14.7. The Morgan fingerprint density at radius 3 is 2.62 bits per heavy atom. The number of aromatic nitrogens is 1. The van der Waals surface area contributed by atoms with Crippen molar-refractivity contribution < 1.29 is 4.74 Å². The van der Waals surface area contributed by atoms with E-state index in [9.17, 15) is 0 Å². The zero-order valence-corrected chi connectivity index (χ0v) is 12.5. The molecule has 0 bridgehead atoms. The normalized spacial score (nSPS) is 10.8. The van der Waals surface area contributed by atoms with Gasteiger partial charge in [-0.25, -0.2) is 4.98 Å². The van der Waals surface area contributed by atoms with Crippen LogP contribution in [-0.4, -0.2) is 4.98 Å². The van der Waals surface area contributed by atoms with E-state index < -0.39 is 0 Å². The number of nitrogens with zero attached hydrogens (tertiary/aromatic N) is 1. The standard InChI is InChI=1S/C16H12Cl2N2O/c17-11-5-6-15(13(18)8-11)21-16-7-10(9-19)12-3-1-2-4-14(12)20-16/h1-8H,9,19H2. The third kappa shape index (κ3) is 2.95. The smallest absolute Gasteiger partial charge is 0.220 e. The highest BCUT2D eigenvalue weighted by molar-refractivity contribution is 6.35. The molecule has 2 aromatic carbocycles. The predicted molar refractivity (Wildman–Crippen MR) is 86.2 cm³/mol. The molecule has 0 spiro atoms. The van der Waals surface area contributed by atoms with E-state index in [4.69, 9.17) is 33.7 Å². The molecule has 0 unspecified atom stereocenters. The Hall–Kier alpha value is -1.81. The number of fused-ring (bicyclic) bond motifs is 1. The van der Waals surface area contributed by atoms with Gasteiger partial charge >= 0.3 is 0 Å². The van der Waals surface area contributed by atoms with Gasteiger partial charge in [-0.1, -0.05) is 41.4 Å². The minimum atomic E-state index is 0.410. The monoisotopic (exact) mass is 318 g/mol. The van der Waals surface area contributed by atoms with Crippen LogP contribution in [-0.2, 0) is 6.54 Å². The van der Waals surface area contributed by atoms with Crippen LogP contribution < -0.4 is 10.5 Å². The lowest BCUT2D eigenvalue weighted by atomic mass is 10.1. The zero-order chi connectivity index (χ0) is 14.8. The number of benzene rings is 2. The molecule has 0 amide bonds. The second-order valence-corrected chi connectivity index (χ2v) is 5.36. The number of ether oxygens (including phenoxy) is 1. The Bertz CT molecular complexity index is 805. The van der Waals surface area contributed by atoms with Gasteiger partial charge in [-0.3, -0.25) is 0 Å². The molecule has 3 rings (SSSR count). The minimum Gasteiger partial charge on any atom is -0.437 e. The van der Waals surface area contributed by atoms with E-state index >= 15 is 0 Å². The van der Waals surface area contributed by atoms with Gasteiger partial charge in [-0.2, -0.15) is 0 Å². The Morgan fingerprint density at radius 1 is 1.05 bits per heavy atom. The summed E-state index contributed by atoms with van der Waals surface area (Å²) >= 11 is 12.0. The van der Waals surface area contributed by atoms with Crippen molar-refractivity contribution in [2.45, 2.75) is 6.54 Å². The maximum absolute atomic E-state index is 6.11. The largest absolute Gasteiger partial charge is 0.437 e. The van der Waals surface area contributed by atoms with Gasteiger partial charge in [0.25, 0.3) is 0 Å². The van der Waals surface area contributed by atoms with E-state index in [0.717, 1.165) is 16.5 Å². The number of halogens is 2. The van der Waals surface area contributed by atoms with Crippen molar-refractivity contribution in [3.05, 3.63) is 64.1 Å². The molecule has 0 saturated heterocycles. The summed E-state index contributed by atoms with van der Waals surface area (Å²) in [6.45, 7) is 0.410. The second-order valence-electron chi connectivity index (χ2n) is 4.52. The summed E-state index contributed by atoms with van der Waals surface area (Å²) in [5.41, 5.74) is 7.61. The van der Waals surface area contributed by atoms with Crippen LogP contribution in [0, 0.1) is 0 Å². The van der Waals surface area contributed by atoms with Gasteiger partial charge in [-0.05, 0) is 29.8 Å². The lowest BCUT2D eigenvalue weighted by molar-refractivity contribution is 0.464. The number of para-hydroxylation sites is 1. The zero-order valence-electron chi connectivity index (χ0n) is 11.0. The van der Waals surface area contributed by atoms with Crippen molar-refractivity contribution in [3.8, 4) is 11.6 Å². The van der Waals surface area contributed by atoms with Crippen molar-refractivity contribution in [1.82, 2.24) is 4.98 Å². The minimum absolute atomic E-state index is 0.410. The summed E-state index contributed by atoms with van der Waals surface area (Å²) in [5.74, 6) is 0.963. The summed E-state index contributed by atoms with van der Waals surface area (Å²) < 4.78 is 5.76. The number of hydrogen-bond donors (Lipinski definition) is 1. The highest BCUT2D eigenvalue weighted by Gasteiger charge is 2.08. The van der Waals surface area contributed by atoms with Crippen molar-refractivity contribution in [3.63, 3.8) is 0 Å². The van der Waals surface area contributed by atoms with Gasteiger partial charge in [0.05, 0.1) is 10.5 Å². The molecule has 0 aliphatic heterocycles. The maximum atomic E-state index is 6.11. The van der Waals surface area contributed by atoms with Gasteiger partial charge in [-0.15, -0.1) is 0 Å². The fraction of sp³-hybridized carbons (Fsp3) is 0.0625. The molecule has 1 aromatic heterocycles. The average molecular weight is 319 g/mol. The fourth-order valence-electron chi connectivity index (χ4n) is 2.11. The molecule has 1 heterocycles. The molecule has 3 aromatic rings. The van der Waals surface area contributed by atoms with Gasteiger partial charge in [0, 0.05) is 23.0 Å². The lowest BCUT2D eigenvalue weighted by Crippen LogP contribution is -2.00. The summed E-state index contributed by atoms with van der Waals surface area (Å²) in [7, 11) is 0. The van der Waals surface area contributed by atoms with E-state index in [1.165, 1.54) is 0 Å². The topological polar surface area (TPSA) is 48.1 Å². The first-order valence-electron chi connectivity index (χ1n) is 6.39. The van der Waals surface area contributed by atoms with Crippen LogP contribution >= 0.6 is 23.2 Å². The van der Waals surface area contributed by atoms with Crippen molar-refractivity contribution in [2.75, 3.05) is 0 Å². The highest BCUT2D eigenvalue weighted by atomic mass is 35.5. The van der Waals surface area contributed by atoms with Gasteiger partial charge < -0.3 is 10.5 Å². The fourth-order valence-corrected chi connectivity index (χ4v) is 2.56. The van der Waals surface area contributed by atoms with E-state index in [1.54, 1.807) is 18.2 Å². The third-order valence-corrected chi connectivity index (χ3v) is 3.64. The summed E-state index contributed by atoms with van der Waals surface area (Å²) in [6.07, 6.45) is 0. The summed E-state index contributed by atoms with van der Waals surface area (Å²) in [5, 5.41) is 2.02. The van der Waals surface area contributed by atoms with Gasteiger partial charge in [0.2, 0.25) is 5.88 Å². The molecule has 21 heavy (non-hydrogen) atoms. The van der Waals surface area contributed by atoms with Gasteiger partial charge in [0.1, 0.15) is 5.75 Å². The highest BCUT2D eigenvalue weighted by Crippen LogP contribution is 2.32. The van der Waals surface area contributed by atoms with E-state index in [-0.39, 0.29) is 0 Å². The van der Waals surface area contributed by atoms with Crippen molar-refractivity contribution in [2.24, 2.45) is 5.73 Å². The number of nitrogens with two attached hydrogens (primary N) is 1. The number of rotatable bonds is 3. The van der Waals surface area contributed by atoms with E-state index in [0.29, 0.717) is 28.2 Å².